The summed E-state index contributed by atoms with van der Waals surface area (Å²) in [5.41, 5.74) is 2.55. The minimum Gasteiger partial charge on any atom is -0.377 e. The smallest absolute Gasteiger partial charge is 0.146 e. The van der Waals surface area contributed by atoms with Crippen molar-refractivity contribution in [1.29, 1.82) is 0 Å². The Balaban J connectivity index is 2.09. The number of nitrogens with zero attached hydrogens (tertiary/aromatic N) is 2. The molecule has 0 spiro atoms. The second-order valence-corrected chi connectivity index (χ2v) is 4.33. The van der Waals surface area contributed by atoms with E-state index in [4.69, 9.17) is 0 Å². The lowest BCUT2D eigenvalue weighted by Crippen LogP contribution is -2.10. The van der Waals surface area contributed by atoms with E-state index < -0.39 is 0 Å². The molecule has 4 heteroatoms. The fourth-order valence-electron chi connectivity index (χ4n) is 1.96. The number of hydrogen-bond acceptors (Lipinski definition) is 2. The lowest BCUT2D eigenvalue weighted by molar-refractivity contribution is 0.577. The van der Waals surface area contributed by atoms with Crippen LogP contribution in [0.5, 0.6) is 0 Å². The monoisotopic (exact) mass is 247 g/mol. The van der Waals surface area contributed by atoms with Crippen LogP contribution in [0.1, 0.15) is 24.6 Å². The summed E-state index contributed by atoms with van der Waals surface area (Å²) >= 11 is 0. The molecule has 1 N–H and O–H groups in total. The molecule has 0 aliphatic rings. The Morgan fingerprint density at radius 2 is 2.17 bits per heavy atom. The van der Waals surface area contributed by atoms with Gasteiger partial charge in [0.05, 0.1) is 17.9 Å². The van der Waals surface area contributed by atoms with E-state index in [2.05, 4.69) is 17.3 Å². The van der Waals surface area contributed by atoms with E-state index in [1.807, 2.05) is 23.7 Å². The highest BCUT2D eigenvalue weighted by molar-refractivity contribution is 5.51. The molecular weight excluding hydrogens is 229 g/mol. The first kappa shape index (κ1) is 12.6. The van der Waals surface area contributed by atoms with Gasteiger partial charge in [0.1, 0.15) is 5.82 Å². The Labute approximate surface area is 107 Å². The second-order valence-electron chi connectivity index (χ2n) is 4.33. The molecule has 1 aromatic heterocycles. The molecule has 1 aromatic carbocycles. The summed E-state index contributed by atoms with van der Waals surface area (Å²) in [6.45, 7) is 5.48. The van der Waals surface area contributed by atoms with Crippen LogP contribution in [0, 0.1) is 12.7 Å². The van der Waals surface area contributed by atoms with Gasteiger partial charge in [0.2, 0.25) is 0 Å². The van der Waals surface area contributed by atoms with Gasteiger partial charge in [-0.05, 0) is 31.0 Å². The fraction of sp³-hybridized carbons (Fsp3) is 0.357. The highest BCUT2D eigenvalue weighted by Gasteiger charge is 2.06. The molecule has 0 unspecified atom stereocenters. The van der Waals surface area contributed by atoms with E-state index in [1.165, 1.54) is 6.07 Å². The molecule has 3 nitrogen and oxygen atoms in total. The molecule has 0 amide bonds. The zero-order valence-electron chi connectivity index (χ0n) is 10.8. The van der Waals surface area contributed by atoms with Crippen molar-refractivity contribution in [3.8, 4) is 0 Å². The van der Waals surface area contributed by atoms with Crippen LogP contribution >= 0.6 is 0 Å². The van der Waals surface area contributed by atoms with Crippen molar-refractivity contribution >= 4 is 5.69 Å². The number of halogens is 1. The number of aryl methyl sites for hydroxylation is 2. The predicted molar refractivity (Wildman–Crippen MR) is 71.0 cm³/mol. The standard InChI is InChI=1S/C14H18FN3/c1-3-9-18-12(7-8-17-18)10-16-14-11(2)5-4-6-13(14)15/h4-8,16H,3,9-10H2,1-2H3. The van der Waals surface area contributed by atoms with Crippen molar-refractivity contribution < 1.29 is 4.39 Å². The molecule has 0 bridgehead atoms. The van der Waals surface area contributed by atoms with Crippen molar-refractivity contribution in [3.05, 3.63) is 47.5 Å². The van der Waals surface area contributed by atoms with Crippen molar-refractivity contribution in [1.82, 2.24) is 9.78 Å². The molecule has 18 heavy (non-hydrogen) atoms. The van der Waals surface area contributed by atoms with Gasteiger partial charge in [-0.3, -0.25) is 4.68 Å². The van der Waals surface area contributed by atoms with Gasteiger partial charge in [0.25, 0.3) is 0 Å². The topological polar surface area (TPSA) is 29.9 Å². The summed E-state index contributed by atoms with van der Waals surface area (Å²) in [6.07, 6.45) is 2.81. The molecule has 0 saturated heterocycles. The number of benzene rings is 1. The second kappa shape index (κ2) is 5.67. The number of anilines is 1. The van der Waals surface area contributed by atoms with E-state index in [9.17, 15) is 4.39 Å². The molecule has 0 aliphatic heterocycles. The summed E-state index contributed by atoms with van der Waals surface area (Å²) in [6, 6.07) is 7.05. The van der Waals surface area contributed by atoms with Crippen LogP contribution < -0.4 is 5.32 Å². The van der Waals surface area contributed by atoms with E-state index in [0.717, 1.165) is 24.2 Å². The van der Waals surface area contributed by atoms with Gasteiger partial charge in [0, 0.05) is 12.7 Å². The summed E-state index contributed by atoms with van der Waals surface area (Å²) in [7, 11) is 0. The number of hydrogen-bond donors (Lipinski definition) is 1. The number of nitrogens with one attached hydrogen (secondary N) is 1. The Morgan fingerprint density at radius 3 is 2.89 bits per heavy atom. The first-order chi connectivity index (χ1) is 8.72. The number of rotatable bonds is 5. The maximum absolute atomic E-state index is 13.6. The van der Waals surface area contributed by atoms with Gasteiger partial charge in [-0.1, -0.05) is 19.1 Å². The van der Waals surface area contributed by atoms with Crippen LogP contribution in [-0.4, -0.2) is 9.78 Å². The van der Waals surface area contributed by atoms with E-state index in [-0.39, 0.29) is 5.82 Å². The van der Waals surface area contributed by atoms with E-state index >= 15 is 0 Å². The zero-order valence-corrected chi connectivity index (χ0v) is 10.8. The summed E-state index contributed by atoms with van der Waals surface area (Å²) in [5.74, 6) is -0.212. The highest BCUT2D eigenvalue weighted by Crippen LogP contribution is 2.19. The first-order valence-corrected chi connectivity index (χ1v) is 6.22. The average Bonchev–Trinajstić information content (AvgIpc) is 2.77. The summed E-state index contributed by atoms with van der Waals surface area (Å²) < 4.78 is 15.6. The third-order valence-corrected chi connectivity index (χ3v) is 2.91. The lowest BCUT2D eigenvalue weighted by Gasteiger charge is -2.11. The summed E-state index contributed by atoms with van der Waals surface area (Å²) in [4.78, 5) is 0. The molecule has 0 atom stereocenters. The molecule has 2 rings (SSSR count). The molecule has 0 fully saturated rings. The fourth-order valence-corrected chi connectivity index (χ4v) is 1.96. The summed E-state index contributed by atoms with van der Waals surface area (Å²) in [5, 5.41) is 7.39. The molecule has 0 radical (unpaired) electrons. The van der Waals surface area contributed by atoms with Crippen LogP contribution in [0.15, 0.2) is 30.5 Å². The minimum atomic E-state index is -0.212. The molecule has 1 heterocycles. The minimum absolute atomic E-state index is 0.212. The molecule has 0 aliphatic carbocycles. The molecule has 96 valence electrons. The Morgan fingerprint density at radius 1 is 1.33 bits per heavy atom. The molecule has 0 saturated carbocycles. The average molecular weight is 247 g/mol. The van der Waals surface area contributed by atoms with Crippen molar-refractivity contribution in [2.45, 2.75) is 33.4 Å². The Bertz CT molecular complexity index is 499. The van der Waals surface area contributed by atoms with Crippen LogP contribution in [0.3, 0.4) is 0 Å². The largest absolute Gasteiger partial charge is 0.377 e. The SMILES string of the molecule is CCCn1nccc1CNc1c(C)cccc1F. The van der Waals surface area contributed by atoms with Gasteiger partial charge in [-0.2, -0.15) is 5.10 Å². The van der Waals surface area contributed by atoms with Gasteiger partial charge >= 0.3 is 0 Å². The first-order valence-electron chi connectivity index (χ1n) is 6.22. The van der Waals surface area contributed by atoms with Crippen LogP contribution in [0.25, 0.3) is 0 Å². The van der Waals surface area contributed by atoms with Gasteiger partial charge < -0.3 is 5.32 Å². The van der Waals surface area contributed by atoms with Gasteiger partial charge in [-0.25, -0.2) is 4.39 Å². The van der Waals surface area contributed by atoms with E-state index in [1.54, 1.807) is 12.3 Å². The quantitative estimate of drug-likeness (QED) is 0.878. The predicted octanol–water partition coefficient (Wildman–Crippen LogP) is 3.35. The Hall–Kier alpha value is -1.84. The normalized spacial score (nSPS) is 10.6. The maximum atomic E-state index is 13.6. The molecule has 2 aromatic rings. The van der Waals surface area contributed by atoms with Crippen LogP contribution in [0.4, 0.5) is 10.1 Å². The van der Waals surface area contributed by atoms with Crippen LogP contribution in [-0.2, 0) is 13.1 Å². The van der Waals surface area contributed by atoms with Crippen molar-refractivity contribution in [2.75, 3.05) is 5.32 Å². The third-order valence-electron chi connectivity index (χ3n) is 2.91. The van der Waals surface area contributed by atoms with Crippen molar-refractivity contribution in [3.63, 3.8) is 0 Å². The zero-order chi connectivity index (χ0) is 13.0. The van der Waals surface area contributed by atoms with Gasteiger partial charge in [0.15, 0.2) is 0 Å². The Kier molecular flexibility index (Phi) is 3.97. The third kappa shape index (κ3) is 2.70. The number of para-hydroxylation sites is 1. The van der Waals surface area contributed by atoms with Crippen molar-refractivity contribution in [2.24, 2.45) is 0 Å². The maximum Gasteiger partial charge on any atom is 0.146 e. The van der Waals surface area contributed by atoms with Gasteiger partial charge in [-0.15, -0.1) is 0 Å². The molecular formula is C14H18FN3. The highest BCUT2D eigenvalue weighted by atomic mass is 19.1. The lowest BCUT2D eigenvalue weighted by atomic mass is 10.2. The van der Waals surface area contributed by atoms with Crippen LogP contribution in [0.2, 0.25) is 0 Å². The number of aromatic nitrogens is 2. The van der Waals surface area contributed by atoms with E-state index in [0.29, 0.717) is 12.2 Å².